The van der Waals surface area contributed by atoms with E-state index >= 15 is 0 Å². The standard InChI is InChI=1S/C20H30N6O3.HI/c1-14(29-17-8-6-16(28-4)7-9-17)11-22-20(21-2)23-15-5-10-19-24-18(13-27-3)25-26(19)12-15;/h6-9,14-15H,5,10-13H2,1-4H3,(H2,21,22,23);1H. The third-order valence-corrected chi connectivity index (χ3v) is 4.69. The fraction of sp³-hybridized carbons (Fsp3) is 0.550. The number of aryl methyl sites for hydroxylation is 1. The van der Waals surface area contributed by atoms with Crippen molar-refractivity contribution in [1.29, 1.82) is 0 Å². The molecule has 0 aliphatic carbocycles. The first-order valence-electron chi connectivity index (χ1n) is 9.80. The predicted octanol–water partition coefficient (Wildman–Crippen LogP) is 2.00. The SMILES string of the molecule is CN=C(NCC(C)Oc1ccc(OC)cc1)NC1CCc2nc(COC)nn2C1.I. The first kappa shape index (κ1) is 24.2. The highest BCUT2D eigenvalue weighted by Gasteiger charge is 2.22. The normalized spacial score (nSPS) is 16.8. The van der Waals surface area contributed by atoms with Crippen molar-refractivity contribution in [2.45, 2.75) is 45.1 Å². The molecule has 1 aromatic heterocycles. The van der Waals surface area contributed by atoms with Crippen LogP contribution in [0.4, 0.5) is 0 Å². The molecule has 9 nitrogen and oxygen atoms in total. The van der Waals surface area contributed by atoms with Crippen LogP contribution in [-0.2, 0) is 24.3 Å². The van der Waals surface area contributed by atoms with Crippen LogP contribution in [0.5, 0.6) is 11.5 Å². The van der Waals surface area contributed by atoms with Crippen molar-refractivity contribution in [1.82, 2.24) is 25.4 Å². The molecule has 3 rings (SSSR count). The quantitative estimate of drug-likeness (QED) is 0.306. The second-order valence-electron chi connectivity index (χ2n) is 7.00. The third-order valence-electron chi connectivity index (χ3n) is 4.69. The minimum absolute atomic E-state index is 0. The Kier molecular flexibility index (Phi) is 9.63. The van der Waals surface area contributed by atoms with Gasteiger partial charge >= 0.3 is 0 Å². The minimum atomic E-state index is -0.0215. The number of aliphatic imine (C=N–C) groups is 1. The number of hydrogen-bond donors (Lipinski definition) is 2. The molecule has 2 N–H and O–H groups in total. The Morgan fingerprint density at radius 2 is 2.00 bits per heavy atom. The lowest BCUT2D eigenvalue weighted by Crippen LogP contribution is -2.48. The Hall–Kier alpha value is -2.08. The van der Waals surface area contributed by atoms with Crippen LogP contribution in [0.2, 0.25) is 0 Å². The van der Waals surface area contributed by atoms with Crippen LogP contribution in [0.25, 0.3) is 0 Å². The summed E-state index contributed by atoms with van der Waals surface area (Å²) in [5.41, 5.74) is 0. The number of guanidine groups is 1. The summed E-state index contributed by atoms with van der Waals surface area (Å²) in [6.07, 6.45) is 1.83. The second kappa shape index (κ2) is 11.9. The number of fused-ring (bicyclic) bond motifs is 1. The van der Waals surface area contributed by atoms with E-state index in [-0.39, 0.29) is 36.1 Å². The van der Waals surface area contributed by atoms with E-state index in [0.717, 1.165) is 48.5 Å². The molecule has 0 fully saturated rings. The van der Waals surface area contributed by atoms with Gasteiger partial charge in [0.15, 0.2) is 11.8 Å². The average molecular weight is 530 g/mol. The van der Waals surface area contributed by atoms with Crippen molar-refractivity contribution < 1.29 is 14.2 Å². The number of rotatable bonds is 8. The summed E-state index contributed by atoms with van der Waals surface area (Å²) in [6.45, 7) is 3.84. The fourth-order valence-electron chi connectivity index (χ4n) is 3.23. The highest BCUT2D eigenvalue weighted by Crippen LogP contribution is 2.18. The van der Waals surface area contributed by atoms with Crippen molar-refractivity contribution >= 4 is 29.9 Å². The van der Waals surface area contributed by atoms with Gasteiger partial charge in [0.2, 0.25) is 0 Å². The zero-order valence-electron chi connectivity index (χ0n) is 17.9. The Balaban J connectivity index is 0.00000320. The number of aromatic nitrogens is 3. The van der Waals surface area contributed by atoms with Crippen LogP contribution in [-0.4, -0.2) is 60.7 Å². The molecule has 0 saturated heterocycles. The summed E-state index contributed by atoms with van der Waals surface area (Å²) < 4.78 is 18.2. The first-order valence-corrected chi connectivity index (χ1v) is 9.80. The molecule has 0 radical (unpaired) electrons. The monoisotopic (exact) mass is 530 g/mol. The molecule has 1 aliphatic heterocycles. The van der Waals surface area contributed by atoms with Gasteiger partial charge in [0.05, 0.1) is 20.2 Å². The van der Waals surface area contributed by atoms with Crippen LogP contribution in [0.15, 0.2) is 29.3 Å². The van der Waals surface area contributed by atoms with Gasteiger partial charge in [0.25, 0.3) is 0 Å². The smallest absolute Gasteiger partial charge is 0.191 e. The molecule has 2 atom stereocenters. The Labute approximate surface area is 194 Å². The Bertz CT molecular complexity index is 811. The lowest BCUT2D eigenvalue weighted by atomic mass is 10.1. The number of nitrogens with zero attached hydrogens (tertiary/aromatic N) is 4. The van der Waals surface area contributed by atoms with Gasteiger partial charge < -0.3 is 24.8 Å². The fourth-order valence-corrected chi connectivity index (χ4v) is 3.23. The Morgan fingerprint density at radius 1 is 1.27 bits per heavy atom. The molecule has 2 unspecified atom stereocenters. The van der Waals surface area contributed by atoms with Crippen LogP contribution in [0.3, 0.4) is 0 Å². The van der Waals surface area contributed by atoms with Crippen LogP contribution < -0.4 is 20.1 Å². The maximum absolute atomic E-state index is 5.94. The van der Waals surface area contributed by atoms with E-state index in [4.69, 9.17) is 14.2 Å². The summed E-state index contributed by atoms with van der Waals surface area (Å²) in [5, 5.41) is 11.3. The first-order chi connectivity index (χ1) is 14.1. The molecule has 0 amide bonds. The molecule has 0 saturated carbocycles. The molecule has 2 aromatic rings. The van der Waals surface area contributed by atoms with Gasteiger partial charge in [0.1, 0.15) is 30.0 Å². The molecule has 2 heterocycles. The zero-order chi connectivity index (χ0) is 20.6. The minimum Gasteiger partial charge on any atom is -0.497 e. The molecule has 166 valence electrons. The van der Waals surface area contributed by atoms with Crippen molar-refractivity contribution in [2.24, 2.45) is 4.99 Å². The van der Waals surface area contributed by atoms with Crippen molar-refractivity contribution in [3.63, 3.8) is 0 Å². The number of hydrogen-bond acceptors (Lipinski definition) is 6. The van der Waals surface area contributed by atoms with E-state index in [1.165, 1.54) is 0 Å². The highest BCUT2D eigenvalue weighted by molar-refractivity contribution is 14.0. The maximum atomic E-state index is 5.94. The van der Waals surface area contributed by atoms with E-state index in [1.807, 2.05) is 35.9 Å². The lowest BCUT2D eigenvalue weighted by molar-refractivity contribution is 0.177. The molecule has 30 heavy (non-hydrogen) atoms. The predicted molar refractivity (Wildman–Crippen MR) is 126 cm³/mol. The highest BCUT2D eigenvalue weighted by atomic mass is 127. The number of ether oxygens (including phenoxy) is 3. The topological polar surface area (TPSA) is 94.8 Å². The summed E-state index contributed by atoms with van der Waals surface area (Å²) in [6, 6.07) is 7.81. The summed E-state index contributed by atoms with van der Waals surface area (Å²) in [4.78, 5) is 8.84. The molecule has 10 heteroatoms. The largest absolute Gasteiger partial charge is 0.497 e. The van der Waals surface area contributed by atoms with Crippen molar-refractivity contribution in [3.8, 4) is 11.5 Å². The Morgan fingerprint density at radius 3 is 2.67 bits per heavy atom. The van der Waals surface area contributed by atoms with Gasteiger partial charge in [-0.05, 0) is 37.6 Å². The average Bonchev–Trinajstić information content (AvgIpc) is 3.13. The van der Waals surface area contributed by atoms with Gasteiger partial charge in [0, 0.05) is 26.6 Å². The van der Waals surface area contributed by atoms with Gasteiger partial charge in [-0.3, -0.25) is 4.99 Å². The third kappa shape index (κ3) is 6.73. The van der Waals surface area contributed by atoms with Crippen molar-refractivity contribution in [3.05, 3.63) is 35.9 Å². The van der Waals surface area contributed by atoms with E-state index in [9.17, 15) is 0 Å². The summed E-state index contributed by atoms with van der Waals surface area (Å²) in [5.74, 6) is 4.11. The molecular formula is C20H31IN6O3. The van der Waals surface area contributed by atoms with Crippen LogP contribution in [0, 0.1) is 0 Å². The van der Waals surface area contributed by atoms with Gasteiger partial charge in [-0.1, -0.05) is 0 Å². The van der Waals surface area contributed by atoms with E-state index < -0.39 is 0 Å². The summed E-state index contributed by atoms with van der Waals surface area (Å²) >= 11 is 0. The number of benzene rings is 1. The zero-order valence-corrected chi connectivity index (χ0v) is 20.3. The summed E-state index contributed by atoms with van der Waals surface area (Å²) in [7, 11) is 5.07. The van der Waals surface area contributed by atoms with Crippen LogP contribution in [0.1, 0.15) is 25.0 Å². The van der Waals surface area contributed by atoms with Gasteiger partial charge in [-0.25, -0.2) is 9.67 Å². The molecular weight excluding hydrogens is 499 g/mol. The second-order valence-corrected chi connectivity index (χ2v) is 7.00. The number of halogens is 1. The molecule has 0 bridgehead atoms. The molecule has 0 spiro atoms. The van der Waals surface area contributed by atoms with Gasteiger partial charge in [-0.2, -0.15) is 5.10 Å². The number of nitrogens with one attached hydrogen (secondary N) is 2. The van der Waals surface area contributed by atoms with Crippen molar-refractivity contribution in [2.75, 3.05) is 27.8 Å². The van der Waals surface area contributed by atoms with E-state index in [0.29, 0.717) is 13.2 Å². The van der Waals surface area contributed by atoms with Crippen LogP contribution >= 0.6 is 24.0 Å². The maximum Gasteiger partial charge on any atom is 0.191 e. The molecule has 1 aromatic carbocycles. The van der Waals surface area contributed by atoms with E-state index in [2.05, 4.69) is 25.7 Å². The lowest BCUT2D eigenvalue weighted by Gasteiger charge is -2.26. The van der Waals surface area contributed by atoms with Gasteiger partial charge in [-0.15, -0.1) is 24.0 Å². The number of methoxy groups -OCH3 is 2. The molecule has 1 aliphatic rings. The van der Waals surface area contributed by atoms with E-state index in [1.54, 1.807) is 21.3 Å².